The molecule has 0 bridgehead atoms. The minimum atomic E-state index is -3.11. The molecule has 0 saturated heterocycles. The molecule has 17 heavy (non-hydrogen) atoms. The van der Waals surface area contributed by atoms with Crippen LogP contribution in [0.3, 0.4) is 0 Å². The summed E-state index contributed by atoms with van der Waals surface area (Å²) in [5.41, 5.74) is 0. The lowest BCUT2D eigenvalue weighted by atomic mass is 10.1. The zero-order chi connectivity index (χ0) is 13.3. The molecule has 4 heteroatoms. The van der Waals surface area contributed by atoms with Gasteiger partial charge in [-0.3, -0.25) is 0 Å². The second-order valence-electron chi connectivity index (χ2n) is 5.01. The van der Waals surface area contributed by atoms with Crippen molar-refractivity contribution in [3.8, 4) is 0 Å². The smallest absolute Gasteiger partial charge is 0.152 e. The molecule has 0 aromatic rings. The van der Waals surface area contributed by atoms with Gasteiger partial charge in [0.25, 0.3) is 0 Å². The van der Waals surface area contributed by atoms with Crippen LogP contribution in [0, 0.1) is 0 Å². The largest absolute Gasteiger partial charge is 0.392 e. The van der Waals surface area contributed by atoms with Crippen molar-refractivity contribution in [3.05, 3.63) is 0 Å². The first-order chi connectivity index (χ1) is 7.89. The lowest BCUT2D eigenvalue weighted by molar-refractivity contribution is 0.159. The van der Waals surface area contributed by atoms with Crippen LogP contribution in [0.15, 0.2) is 0 Å². The summed E-state index contributed by atoms with van der Waals surface area (Å²) in [5.74, 6) is 0. The zero-order valence-electron chi connectivity index (χ0n) is 11.5. The van der Waals surface area contributed by atoms with Crippen LogP contribution >= 0.6 is 0 Å². The highest BCUT2D eigenvalue weighted by molar-refractivity contribution is 7.91. The van der Waals surface area contributed by atoms with Crippen LogP contribution in [0.2, 0.25) is 0 Å². The molecule has 0 heterocycles. The van der Waals surface area contributed by atoms with E-state index < -0.39 is 21.2 Å². The van der Waals surface area contributed by atoms with Gasteiger partial charge in [0.1, 0.15) is 0 Å². The van der Waals surface area contributed by atoms with Crippen molar-refractivity contribution in [2.24, 2.45) is 0 Å². The Morgan fingerprint density at radius 2 is 1.47 bits per heavy atom. The van der Waals surface area contributed by atoms with E-state index in [1.807, 2.05) is 0 Å². The predicted octanol–water partition coefficient (Wildman–Crippen LogP) is 2.92. The molecule has 104 valence electrons. The molecule has 0 fully saturated rings. The first-order valence-corrected chi connectivity index (χ1v) is 8.72. The van der Waals surface area contributed by atoms with Gasteiger partial charge < -0.3 is 5.11 Å². The van der Waals surface area contributed by atoms with Crippen molar-refractivity contribution in [1.29, 1.82) is 0 Å². The van der Waals surface area contributed by atoms with E-state index in [4.69, 9.17) is 0 Å². The van der Waals surface area contributed by atoms with Crippen LogP contribution in [0.25, 0.3) is 0 Å². The number of aliphatic hydroxyl groups is 1. The molecule has 0 aliphatic rings. The summed E-state index contributed by atoms with van der Waals surface area (Å²) < 4.78 is 22.4. The maximum Gasteiger partial charge on any atom is 0.152 e. The average molecular weight is 264 g/mol. The third kappa shape index (κ3) is 8.61. The first-order valence-electron chi connectivity index (χ1n) is 6.76. The van der Waals surface area contributed by atoms with Gasteiger partial charge in [0.2, 0.25) is 0 Å². The van der Waals surface area contributed by atoms with Crippen LogP contribution < -0.4 is 0 Å². The number of sulfone groups is 1. The summed E-state index contributed by atoms with van der Waals surface area (Å²) in [5, 5.41) is 9.08. The van der Waals surface area contributed by atoms with E-state index in [9.17, 15) is 13.5 Å². The Kier molecular flexibility index (Phi) is 8.88. The fraction of sp³-hybridized carbons (Fsp3) is 1.00. The van der Waals surface area contributed by atoms with Gasteiger partial charge in [-0.1, -0.05) is 51.9 Å². The van der Waals surface area contributed by atoms with Gasteiger partial charge in [-0.25, -0.2) is 8.42 Å². The topological polar surface area (TPSA) is 54.4 Å². The molecule has 0 saturated carbocycles. The van der Waals surface area contributed by atoms with Crippen LogP contribution in [0.5, 0.6) is 0 Å². The molecule has 0 aliphatic carbocycles. The number of hydrogen-bond donors (Lipinski definition) is 1. The summed E-state index contributed by atoms with van der Waals surface area (Å²) in [6.07, 6.45) is 9.39. The molecule has 1 N–H and O–H groups in total. The van der Waals surface area contributed by atoms with E-state index in [0.29, 0.717) is 6.42 Å². The van der Waals surface area contributed by atoms with Crippen molar-refractivity contribution in [3.63, 3.8) is 0 Å². The molecule has 3 nitrogen and oxygen atoms in total. The van der Waals surface area contributed by atoms with Gasteiger partial charge in [-0.2, -0.15) is 0 Å². The number of unbranched alkanes of at least 4 members (excludes halogenated alkanes) is 6. The van der Waals surface area contributed by atoms with Gasteiger partial charge in [0.05, 0.1) is 11.4 Å². The summed E-state index contributed by atoms with van der Waals surface area (Å²) in [4.78, 5) is 0. The standard InChI is InChI=1S/C13H28O3S/c1-4-5-6-7-8-9-10-11-13(14)12(2)17(3,15)16/h12-14H,4-11H2,1-3H3. The van der Waals surface area contributed by atoms with Crippen molar-refractivity contribution >= 4 is 9.84 Å². The molecule has 0 rings (SSSR count). The molecule has 0 aliphatic heterocycles. The molecule has 2 atom stereocenters. The van der Waals surface area contributed by atoms with E-state index in [0.717, 1.165) is 12.8 Å². The highest BCUT2D eigenvalue weighted by Crippen LogP contribution is 2.14. The highest BCUT2D eigenvalue weighted by atomic mass is 32.2. The van der Waals surface area contributed by atoms with Gasteiger partial charge in [0.15, 0.2) is 9.84 Å². The highest BCUT2D eigenvalue weighted by Gasteiger charge is 2.23. The van der Waals surface area contributed by atoms with E-state index in [1.165, 1.54) is 38.4 Å². The fourth-order valence-corrected chi connectivity index (χ4v) is 2.54. The van der Waals surface area contributed by atoms with Crippen molar-refractivity contribution in [1.82, 2.24) is 0 Å². The van der Waals surface area contributed by atoms with Crippen LogP contribution in [0.1, 0.15) is 65.2 Å². The van der Waals surface area contributed by atoms with Crippen LogP contribution in [-0.4, -0.2) is 31.1 Å². The molecule has 0 aromatic heterocycles. The van der Waals surface area contributed by atoms with Gasteiger partial charge in [0, 0.05) is 6.26 Å². The summed E-state index contributed by atoms with van der Waals surface area (Å²) in [6, 6.07) is 0. The lowest BCUT2D eigenvalue weighted by Gasteiger charge is -2.16. The Hall–Kier alpha value is -0.0900. The molecular formula is C13H28O3S. The molecule has 0 amide bonds. The number of hydrogen-bond acceptors (Lipinski definition) is 3. The Labute approximate surface area is 107 Å². The number of rotatable bonds is 10. The second kappa shape index (κ2) is 8.92. The monoisotopic (exact) mass is 264 g/mol. The van der Waals surface area contributed by atoms with Crippen LogP contribution in [-0.2, 0) is 9.84 Å². The summed E-state index contributed by atoms with van der Waals surface area (Å²) >= 11 is 0. The maximum atomic E-state index is 11.2. The molecule has 0 aromatic carbocycles. The lowest BCUT2D eigenvalue weighted by Crippen LogP contribution is -2.30. The quantitative estimate of drug-likeness (QED) is 0.617. The van der Waals surface area contributed by atoms with E-state index in [2.05, 4.69) is 6.92 Å². The fourth-order valence-electron chi connectivity index (χ4n) is 1.83. The second-order valence-corrected chi connectivity index (χ2v) is 7.41. The third-order valence-corrected chi connectivity index (χ3v) is 4.99. The average Bonchev–Trinajstić information content (AvgIpc) is 2.25. The minimum Gasteiger partial charge on any atom is -0.392 e. The molecule has 2 unspecified atom stereocenters. The molecule has 0 radical (unpaired) electrons. The summed E-state index contributed by atoms with van der Waals surface area (Å²) in [6.45, 7) is 3.78. The third-order valence-electron chi connectivity index (χ3n) is 3.32. The molecule has 0 spiro atoms. The number of aliphatic hydroxyl groups excluding tert-OH is 1. The van der Waals surface area contributed by atoms with Crippen LogP contribution in [0.4, 0.5) is 0 Å². The van der Waals surface area contributed by atoms with Crippen molar-refractivity contribution in [2.75, 3.05) is 6.26 Å². The van der Waals surface area contributed by atoms with Crippen molar-refractivity contribution in [2.45, 2.75) is 76.6 Å². The SMILES string of the molecule is CCCCCCCCCC(O)C(C)S(C)(=O)=O. The maximum absolute atomic E-state index is 11.2. The minimum absolute atomic E-state index is 0.599. The Morgan fingerprint density at radius 1 is 1.00 bits per heavy atom. The zero-order valence-corrected chi connectivity index (χ0v) is 12.3. The Balaban J connectivity index is 3.55. The normalized spacial score (nSPS) is 15.8. The van der Waals surface area contributed by atoms with Gasteiger partial charge >= 0.3 is 0 Å². The van der Waals surface area contributed by atoms with E-state index in [-0.39, 0.29) is 0 Å². The predicted molar refractivity (Wildman–Crippen MR) is 72.9 cm³/mol. The Bertz CT molecular complexity index is 272. The van der Waals surface area contributed by atoms with Crippen molar-refractivity contribution < 1.29 is 13.5 Å². The first kappa shape index (κ1) is 16.9. The van der Waals surface area contributed by atoms with E-state index >= 15 is 0 Å². The summed E-state index contributed by atoms with van der Waals surface area (Å²) in [7, 11) is -3.11. The Morgan fingerprint density at radius 3 is 1.94 bits per heavy atom. The van der Waals surface area contributed by atoms with E-state index in [1.54, 1.807) is 6.92 Å². The van der Waals surface area contributed by atoms with Gasteiger partial charge in [-0.05, 0) is 13.3 Å². The van der Waals surface area contributed by atoms with Gasteiger partial charge in [-0.15, -0.1) is 0 Å². The molecular weight excluding hydrogens is 236 g/mol.